The molecule has 3 heteroatoms. The fraction of sp³-hybridized carbons (Fsp3) is 0.467. The van der Waals surface area contributed by atoms with Crippen molar-refractivity contribution in [3.05, 3.63) is 48.0 Å². The lowest BCUT2D eigenvalue weighted by atomic mass is 10.1. The molecule has 0 aliphatic heterocycles. The summed E-state index contributed by atoms with van der Waals surface area (Å²) in [7, 11) is 0. The molecule has 1 rings (SSSR count). The Bertz CT molecular complexity index is 322. The molecule has 0 saturated heterocycles. The summed E-state index contributed by atoms with van der Waals surface area (Å²) < 4.78 is 5.45. The molecule has 0 saturated carbocycles. The lowest BCUT2D eigenvalue weighted by Crippen LogP contribution is -2.14. The van der Waals surface area contributed by atoms with Crippen LogP contribution in [0.15, 0.2) is 42.5 Å². The van der Waals surface area contributed by atoms with Crippen LogP contribution in [-0.4, -0.2) is 29.5 Å². The van der Waals surface area contributed by atoms with Gasteiger partial charge in [0, 0.05) is 0 Å². The van der Waals surface area contributed by atoms with Gasteiger partial charge in [-0.05, 0) is 24.8 Å². The van der Waals surface area contributed by atoms with Gasteiger partial charge in [0.1, 0.15) is 0 Å². The molecule has 0 spiro atoms. The first-order valence-electron chi connectivity index (χ1n) is 6.38. The van der Waals surface area contributed by atoms with Gasteiger partial charge in [0.15, 0.2) is 0 Å². The fourth-order valence-corrected chi connectivity index (χ4v) is 1.63. The minimum absolute atomic E-state index is 0.0861. The van der Waals surface area contributed by atoms with E-state index in [0.29, 0.717) is 13.2 Å². The summed E-state index contributed by atoms with van der Waals surface area (Å²) in [4.78, 5) is 0. The van der Waals surface area contributed by atoms with E-state index in [0.717, 1.165) is 24.8 Å². The lowest BCUT2D eigenvalue weighted by Gasteiger charge is -2.10. The normalized spacial score (nSPS) is 13.0. The monoisotopic (exact) mass is 250 g/mol. The predicted molar refractivity (Wildman–Crippen MR) is 72.2 cm³/mol. The third kappa shape index (κ3) is 7.22. The van der Waals surface area contributed by atoms with E-state index in [4.69, 9.17) is 9.84 Å². The van der Waals surface area contributed by atoms with Gasteiger partial charge in [0.25, 0.3) is 0 Å². The molecule has 1 atom stereocenters. The lowest BCUT2D eigenvalue weighted by molar-refractivity contribution is 0.0238. The van der Waals surface area contributed by atoms with Crippen LogP contribution in [0.5, 0.6) is 0 Å². The highest BCUT2D eigenvalue weighted by Crippen LogP contribution is 2.05. The highest BCUT2D eigenvalue weighted by molar-refractivity contribution is 5.13. The number of allylic oxidation sites excluding steroid dienone is 1. The molecule has 1 aromatic carbocycles. The molecule has 0 aromatic heterocycles. The van der Waals surface area contributed by atoms with E-state index < -0.39 is 6.10 Å². The van der Waals surface area contributed by atoms with Crippen LogP contribution in [-0.2, 0) is 11.3 Å². The largest absolute Gasteiger partial charge is 0.392 e. The molecule has 18 heavy (non-hydrogen) atoms. The van der Waals surface area contributed by atoms with E-state index >= 15 is 0 Å². The molecule has 1 unspecified atom stereocenters. The van der Waals surface area contributed by atoms with Gasteiger partial charge in [-0.25, -0.2) is 0 Å². The minimum Gasteiger partial charge on any atom is -0.392 e. The molecule has 0 fully saturated rings. The second-order valence-electron chi connectivity index (χ2n) is 4.24. The number of aliphatic hydroxyl groups excluding tert-OH is 2. The van der Waals surface area contributed by atoms with Gasteiger partial charge < -0.3 is 14.9 Å². The predicted octanol–water partition coefficient (Wildman–Crippen LogP) is 2.28. The van der Waals surface area contributed by atoms with Crippen molar-refractivity contribution in [1.29, 1.82) is 0 Å². The van der Waals surface area contributed by atoms with E-state index in [1.165, 1.54) is 0 Å². The fourth-order valence-electron chi connectivity index (χ4n) is 1.63. The molecule has 0 heterocycles. The van der Waals surface area contributed by atoms with Crippen molar-refractivity contribution < 1.29 is 14.9 Å². The van der Waals surface area contributed by atoms with E-state index in [9.17, 15) is 5.11 Å². The van der Waals surface area contributed by atoms with E-state index in [2.05, 4.69) is 0 Å². The van der Waals surface area contributed by atoms with Gasteiger partial charge in [0.05, 0.1) is 25.9 Å². The Balaban J connectivity index is 2.03. The van der Waals surface area contributed by atoms with Gasteiger partial charge in [0.2, 0.25) is 0 Å². The molecule has 0 aliphatic carbocycles. The second-order valence-corrected chi connectivity index (χ2v) is 4.24. The zero-order chi connectivity index (χ0) is 13.1. The van der Waals surface area contributed by atoms with Crippen LogP contribution >= 0.6 is 0 Å². The number of aliphatic hydroxyl groups is 2. The smallest absolute Gasteiger partial charge is 0.0774 e. The first-order valence-corrected chi connectivity index (χ1v) is 6.38. The standard InChI is InChI=1S/C15H22O3/c16-11-7-2-1-6-10-15(17)13-18-12-14-8-4-3-5-9-14/h2-5,7-9,15-17H,1,6,10-13H2/b7-2+. The SMILES string of the molecule is OC/C=C/CCCC(O)COCc1ccccc1. The minimum atomic E-state index is -0.406. The Kier molecular flexibility index (Phi) is 8.13. The summed E-state index contributed by atoms with van der Waals surface area (Å²) in [5.41, 5.74) is 1.12. The molecule has 100 valence electrons. The van der Waals surface area contributed by atoms with Crippen molar-refractivity contribution in [2.75, 3.05) is 13.2 Å². The third-order valence-electron chi connectivity index (χ3n) is 2.60. The summed E-state index contributed by atoms with van der Waals surface area (Å²) in [6.45, 7) is 1.00. The number of unbranched alkanes of at least 4 members (excludes halogenated alkanes) is 1. The topological polar surface area (TPSA) is 49.7 Å². The molecule has 0 aliphatic rings. The van der Waals surface area contributed by atoms with E-state index in [-0.39, 0.29) is 6.61 Å². The molecule has 0 bridgehead atoms. The number of hydrogen-bond donors (Lipinski definition) is 2. The van der Waals surface area contributed by atoms with Gasteiger partial charge >= 0.3 is 0 Å². The Morgan fingerprint density at radius 2 is 1.94 bits per heavy atom. The Labute approximate surface area is 109 Å². The highest BCUT2D eigenvalue weighted by Gasteiger charge is 2.03. The molecule has 1 aromatic rings. The van der Waals surface area contributed by atoms with Crippen molar-refractivity contribution >= 4 is 0 Å². The molecule has 0 radical (unpaired) electrons. The van der Waals surface area contributed by atoms with Crippen molar-refractivity contribution in [1.82, 2.24) is 0 Å². The Hall–Kier alpha value is -1.16. The van der Waals surface area contributed by atoms with Gasteiger partial charge in [-0.15, -0.1) is 0 Å². The van der Waals surface area contributed by atoms with Crippen LogP contribution in [0.1, 0.15) is 24.8 Å². The van der Waals surface area contributed by atoms with Crippen LogP contribution in [0.2, 0.25) is 0 Å². The maximum Gasteiger partial charge on any atom is 0.0774 e. The maximum absolute atomic E-state index is 9.69. The first kappa shape index (κ1) is 14.9. The summed E-state index contributed by atoms with van der Waals surface area (Å²) in [6, 6.07) is 9.93. The van der Waals surface area contributed by atoms with Crippen LogP contribution in [0.3, 0.4) is 0 Å². The zero-order valence-electron chi connectivity index (χ0n) is 10.7. The molecule has 3 nitrogen and oxygen atoms in total. The second kappa shape index (κ2) is 9.83. The number of rotatable bonds is 9. The van der Waals surface area contributed by atoms with E-state index in [1.54, 1.807) is 6.08 Å². The average molecular weight is 250 g/mol. The van der Waals surface area contributed by atoms with Crippen molar-refractivity contribution in [2.45, 2.75) is 32.0 Å². The quantitative estimate of drug-likeness (QED) is 0.522. The van der Waals surface area contributed by atoms with Crippen LogP contribution < -0.4 is 0 Å². The van der Waals surface area contributed by atoms with E-state index in [1.807, 2.05) is 36.4 Å². The van der Waals surface area contributed by atoms with Crippen molar-refractivity contribution in [2.24, 2.45) is 0 Å². The molecular weight excluding hydrogens is 228 g/mol. The van der Waals surface area contributed by atoms with Crippen LogP contribution in [0.25, 0.3) is 0 Å². The Morgan fingerprint density at radius 1 is 1.17 bits per heavy atom. The first-order chi connectivity index (χ1) is 8.83. The molecular formula is C15H22O3. The van der Waals surface area contributed by atoms with Gasteiger partial charge in [-0.3, -0.25) is 0 Å². The van der Waals surface area contributed by atoms with Crippen molar-refractivity contribution in [3.63, 3.8) is 0 Å². The molecule has 0 amide bonds. The van der Waals surface area contributed by atoms with Crippen molar-refractivity contribution in [3.8, 4) is 0 Å². The van der Waals surface area contributed by atoms with Crippen LogP contribution in [0, 0.1) is 0 Å². The number of ether oxygens (including phenoxy) is 1. The summed E-state index contributed by atoms with van der Waals surface area (Å²) in [5.74, 6) is 0. The zero-order valence-corrected chi connectivity index (χ0v) is 10.7. The number of benzene rings is 1. The third-order valence-corrected chi connectivity index (χ3v) is 2.60. The van der Waals surface area contributed by atoms with Gasteiger partial charge in [-0.1, -0.05) is 42.5 Å². The summed E-state index contributed by atoms with van der Waals surface area (Å²) in [6.07, 6.45) is 5.76. The maximum atomic E-state index is 9.69. The average Bonchev–Trinajstić information content (AvgIpc) is 2.40. The number of hydrogen-bond acceptors (Lipinski definition) is 3. The van der Waals surface area contributed by atoms with Crippen LogP contribution in [0.4, 0.5) is 0 Å². The Morgan fingerprint density at radius 3 is 2.67 bits per heavy atom. The van der Waals surface area contributed by atoms with Gasteiger partial charge in [-0.2, -0.15) is 0 Å². The summed E-state index contributed by atoms with van der Waals surface area (Å²) >= 11 is 0. The highest BCUT2D eigenvalue weighted by atomic mass is 16.5. The summed E-state index contributed by atoms with van der Waals surface area (Å²) in [5, 5.41) is 18.2. The molecule has 2 N–H and O–H groups in total.